The zero-order chi connectivity index (χ0) is 11.3. The van der Waals surface area contributed by atoms with Gasteiger partial charge in [-0.05, 0) is 43.5 Å². The molecule has 2 N–H and O–H groups in total. The quantitative estimate of drug-likeness (QED) is 0.831. The fourth-order valence-corrected chi connectivity index (χ4v) is 2.58. The number of hydrogen-bond acceptors (Lipinski definition) is 2. The number of aryl methyl sites for hydroxylation is 2. The smallest absolute Gasteiger partial charge is 0.0485 e. The molecule has 0 spiro atoms. The summed E-state index contributed by atoms with van der Waals surface area (Å²) in [5.41, 5.74) is 9.09. The fraction of sp³-hybridized carbons (Fsp3) is 0.500. The lowest BCUT2D eigenvalue weighted by atomic mass is 10.1. The molecule has 1 rings (SSSR count). The normalized spacial score (nSPS) is 12.7. The predicted octanol–water partition coefficient (Wildman–Crippen LogP) is 1.90. The van der Waals surface area contributed by atoms with Crippen molar-refractivity contribution in [3.63, 3.8) is 0 Å². The van der Waals surface area contributed by atoms with Crippen molar-refractivity contribution in [2.45, 2.75) is 26.0 Å². The Morgan fingerprint density at radius 1 is 1.27 bits per heavy atom. The number of rotatable bonds is 5. The van der Waals surface area contributed by atoms with E-state index in [0.717, 1.165) is 12.0 Å². The van der Waals surface area contributed by atoms with Crippen LogP contribution in [-0.4, -0.2) is 16.5 Å². The van der Waals surface area contributed by atoms with Crippen molar-refractivity contribution in [2.75, 3.05) is 12.3 Å². The molecule has 0 aliphatic rings. The molecule has 3 heteroatoms. The summed E-state index contributed by atoms with van der Waals surface area (Å²) < 4.78 is 11.6. The fourth-order valence-electron chi connectivity index (χ4n) is 1.40. The van der Waals surface area contributed by atoms with Crippen molar-refractivity contribution in [3.8, 4) is 0 Å². The van der Waals surface area contributed by atoms with Gasteiger partial charge in [-0.3, -0.25) is 4.21 Å². The van der Waals surface area contributed by atoms with E-state index >= 15 is 0 Å². The van der Waals surface area contributed by atoms with E-state index in [0.29, 0.717) is 18.1 Å². The van der Waals surface area contributed by atoms with Crippen LogP contribution in [0.4, 0.5) is 0 Å². The highest BCUT2D eigenvalue weighted by atomic mass is 32.2. The van der Waals surface area contributed by atoms with Crippen LogP contribution < -0.4 is 5.73 Å². The maximum absolute atomic E-state index is 11.6. The molecule has 0 fully saturated rings. The summed E-state index contributed by atoms with van der Waals surface area (Å²) in [6.07, 6.45) is 0.845. The first kappa shape index (κ1) is 12.4. The molecule has 0 radical (unpaired) electrons. The van der Waals surface area contributed by atoms with Crippen molar-refractivity contribution in [1.82, 2.24) is 0 Å². The maximum atomic E-state index is 11.6. The van der Waals surface area contributed by atoms with E-state index in [9.17, 15) is 4.21 Å². The summed E-state index contributed by atoms with van der Waals surface area (Å²) in [4.78, 5) is 0. The average Bonchev–Trinajstić information content (AvgIpc) is 2.20. The first-order chi connectivity index (χ1) is 7.13. The second-order valence-electron chi connectivity index (χ2n) is 3.85. The molecular weight excluding hydrogens is 206 g/mol. The van der Waals surface area contributed by atoms with Crippen molar-refractivity contribution in [1.29, 1.82) is 0 Å². The van der Waals surface area contributed by atoms with E-state index in [-0.39, 0.29) is 0 Å². The maximum Gasteiger partial charge on any atom is 0.0485 e. The molecule has 84 valence electrons. The van der Waals surface area contributed by atoms with Gasteiger partial charge in [0.05, 0.1) is 0 Å². The van der Waals surface area contributed by atoms with E-state index in [2.05, 4.69) is 32.0 Å². The van der Waals surface area contributed by atoms with Crippen LogP contribution in [0, 0.1) is 13.8 Å². The van der Waals surface area contributed by atoms with E-state index in [1.165, 1.54) is 11.1 Å². The number of benzene rings is 1. The third-order valence-corrected chi connectivity index (χ3v) is 3.87. The Kier molecular flexibility index (Phi) is 4.99. The monoisotopic (exact) mass is 225 g/mol. The van der Waals surface area contributed by atoms with Crippen molar-refractivity contribution in [2.24, 2.45) is 5.73 Å². The minimum atomic E-state index is -0.766. The van der Waals surface area contributed by atoms with Gasteiger partial charge < -0.3 is 5.73 Å². The van der Waals surface area contributed by atoms with Gasteiger partial charge in [0.25, 0.3) is 0 Å². The molecule has 0 saturated carbocycles. The van der Waals surface area contributed by atoms with Gasteiger partial charge in [-0.2, -0.15) is 0 Å². The molecule has 2 nitrogen and oxygen atoms in total. The van der Waals surface area contributed by atoms with Crippen LogP contribution in [0.15, 0.2) is 18.2 Å². The number of nitrogens with two attached hydrogens (primary N) is 1. The molecule has 0 bridgehead atoms. The van der Waals surface area contributed by atoms with Gasteiger partial charge in [-0.15, -0.1) is 0 Å². The summed E-state index contributed by atoms with van der Waals surface area (Å²) in [7, 11) is -0.766. The predicted molar refractivity (Wildman–Crippen MR) is 66.3 cm³/mol. The van der Waals surface area contributed by atoms with Crippen molar-refractivity contribution in [3.05, 3.63) is 34.9 Å². The van der Waals surface area contributed by atoms with Gasteiger partial charge in [0.2, 0.25) is 0 Å². The van der Waals surface area contributed by atoms with Crippen LogP contribution in [0.5, 0.6) is 0 Å². The lowest BCUT2D eigenvalue weighted by Gasteiger charge is -2.05. The van der Waals surface area contributed by atoms with Crippen LogP contribution in [0.25, 0.3) is 0 Å². The van der Waals surface area contributed by atoms with Crippen LogP contribution in [0.1, 0.15) is 23.1 Å². The third kappa shape index (κ3) is 4.14. The Morgan fingerprint density at radius 2 is 2.00 bits per heavy atom. The first-order valence-corrected chi connectivity index (χ1v) is 6.73. The molecule has 0 saturated heterocycles. The molecule has 1 aromatic rings. The summed E-state index contributed by atoms with van der Waals surface area (Å²) in [6, 6.07) is 6.27. The van der Waals surface area contributed by atoms with Crippen molar-refractivity contribution < 1.29 is 4.21 Å². The van der Waals surface area contributed by atoms with Crippen LogP contribution in [0.3, 0.4) is 0 Å². The topological polar surface area (TPSA) is 43.1 Å². The van der Waals surface area contributed by atoms with E-state index < -0.39 is 10.8 Å². The van der Waals surface area contributed by atoms with E-state index in [1.54, 1.807) is 0 Å². The second-order valence-corrected chi connectivity index (χ2v) is 5.43. The summed E-state index contributed by atoms with van der Waals surface area (Å²) >= 11 is 0. The highest BCUT2D eigenvalue weighted by Gasteiger charge is 2.02. The van der Waals surface area contributed by atoms with Gasteiger partial charge in [0.1, 0.15) is 0 Å². The molecule has 1 aromatic carbocycles. The highest BCUT2D eigenvalue weighted by Crippen LogP contribution is 2.11. The second kappa shape index (κ2) is 6.03. The summed E-state index contributed by atoms with van der Waals surface area (Å²) in [5, 5.41) is 0. The first-order valence-electron chi connectivity index (χ1n) is 5.24. The Hall–Kier alpha value is -0.670. The lowest BCUT2D eigenvalue weighted by Crippen LogP contribution is -2.07. The molecule has 1 atom stereocenters. The van der Waals surface area contributed by atoms with Gasteiger partial charge in [-0.1, -0.05) is 18.2 Å². The molecule has 1 unspecified atom stereocenters. The largest absolute Gasteiger partial charge is 0.330 e. The lowest BCUT2D eigenvalue weighted by molar-refractivity contribution is 0.680. The molecule has 0 aromatic heterocycles. The molecule has 0 aliphatic carbocycles. The van der Waals surface area contributed by atoms with Crippen LogP contribution >= 0.6 is 0 Å². The van der Waals surface area contributed by atoms with E-state index in [4.69, 9.17) is 5.73 Å². The molecule has 0 heterocycles. The van der Waals surface area contributed by atoms with Crippen LogP contribution in [0.2, 0.25) is 0 Å². The van der Waals surface area contributed by atoms with Gasteiger partial charge in [-0.25, -0.2) is 0 Å². The Balaban J connectivity index is 2.57. The number of hydrogen-bond donors (Lipinski definition) is 1. The SMILES string of the molecule is Cc1ccc(CS(=O)CCCN)cc1C. The van der Waals surface area contributed by atoms with Gasteiger partial charge in [0.15, 0.2) is 0 Å². The minimum absolute atomic E-state index is 0.624. The molecule has 0 aliphatic heterocycles. The Bertz CT molecular complexity index is 349. The van der Waals surface area contributed by atoms with Crippen molar-refractivity contribution >= 4 is 10.8 Å². The zero-order valence-corrected chi connectivity index (χ0v) is 10.3. The van der Waals surface area contributed by atoms with E-state index in [1.807, 2.05) is 0 Å². The summed E-state index contributed by atoms with van der Waals surface area (Å²) in [5.74, 6) is 1.37. The Morgan fingerprint density at radius 3 is 2.60 bits per heavy atom. The molecular formula is C12H19NOS. The Labute approximate surface area is 94.3 Å². The van der Waals surface area contributed by atoms with Gasteiger partial charge in [0, 0.05) is 22.3 Å². The highest BCUT2D eigenvalue weighted by molar-refractivity contribution is 7.84. The molecule has 15 heavy (non-hydrogen) atoms. The minimum Gasteiger partial charge on any atom is -0.330 e. The summed E-state index contributed by atoms with van der Waals surface area (Å²) in [6.45, 7) is 4.80. The standard InChI is InChI=1S/C12H19NOS/c1-10-4-5-12(8-11(10)2)9-15(14)7-3-6-13/h4-5,8H,3,6-7,9,13H2,1-2H3. The zero-order valence-electron chi connectivity index (χ0n) is 9.45. The van der Waals surface area contributed by atoms with Gasteiger partial charge >= 0.3 is 0 Å². The average molecular weight is 225 g/mol. The van der Waals surface area contributed by atoms with Crippen LogP contribution in [-0.2, 0) is 16.6 Å². The molecule has 0 amide bonds. The third-order valence-electron chi connectivity index (χ3n) is 2.48.